The molecule has 2 aromatic heterocycles. The Bertz CT molecular complexity index is 578. The molecule has 2 rings (SSSR count). The average molecular weight is 262 g/mol. The lowest BCUT2D eigenvalue weighted by Crippen LogP contribution is -2.27. The summed E-state index contributed by atoms with van der Waals surface area (Å²) in [5.74, 6) is 1.45. The van der Waals surface area contributed by atoms with Crippen LogP contribution in [0.2, 0.25) is 0 Å². The van der Waals surface area contributed by atoms with E-state index in [1.807, 2.05) is 30.5 Å². The number of furan rings is 1. The predicted molar refractivity (Wildman–Crippen MR) is 76.4 cm³/mol. The van der Waals surface area contributed by atoms with Crippen LogP contribution < -0.4 is 5.32 Å². The summed E-state index contributed by atoms with van der Waals surface area (Å²) in [4.78, 5) is 12.2. The van der Waals surface area contributed by atoms with E-state index >= 15 is 0 Å². The van der Waals surface area contributed by atoms with Gasteiger partial charge in [-0.25, -0.2) is 0 Å². The van der Waals surface area contributed by atoms with Gasteiger partial charge < -0.3 is 14.3 Å². The average Bonchev–Trinajstić information content (AvgIpc) is 2.83. The number of aryl methyl sites for hydroxylation is 2. The van der Waals surface area contributed by atoms with Gasteiger partial charge in [-0.15, -0.1) is 0 Å². The highest BCUT2D eigenvalue weighted by Gasteiger charge is 2.17. The van der Waals surface area contributed by atoms with E-state index in [2.05, 4.69) is 19.2 Å². The zero-order valence-electron chi connectivity index (χ0n) is 12.1. The molecule has 0 aromatic carbocycles. The molecule has 4 nitrogen and oxygen atoms in total. The fourth-order valence-corrected chi connectivity index (χ4v) is 2.26. The zero-order valence-corrected chi connectivity index (χ0v) is 12.1. The van der Waals surface area contributed by atoms with E-state index in [0.717, 1.165) is 29.8 Å². The molecule has 0 bridgehead atoms. The maximum Gasteiger partial charge on any atom is 0.268 e. The first-order valence-electron chi connectivity index (χ1n) is 6.90. The molecule has 0 saturated heterocycles. The number of amides is 1. The molecule has 1 N–H and O–H groups in total. The smallest absolute Gasteiger partial charge is 0.268 e. The van der Waals surface area contributed by atoms with Gasteiger partial charge >= 0.3 is 0 Å². The van der Waals surface area contributed by atoms with Crippen molar-refractivity contribution in [1.29, 1.82) is 0 Å². The number of nitrogens with one attached hydrogen (secondary N) is 1. The fraction of sp³-hybridized carbons (Fsp3) is 0.533. The Morgan fingerprint density at radius 2 is 2.16 bits per heavy atom. The van der Waals surface area contributed by atoms with E-state index in [9.17, 15) is 4.79 Å². The summed E-state index contributed by atoms with van der Waals surface area (Å²) >= 11 is 0. The van der Waals surface area contributed by atoms with Crippen molar-refractivity contribution in [3.63, 3.8) is 0 Å². The van der Waals surface area contributed by atoms with Gasteiger partial charge in [0, 0.05) is 25.2 Å². The molecule has 104 valence electrons. The molecule has 0 unspecified atom stereocenters. The summed E-state index contributed by atoms with van der Waals surface area (Å²) in [7, 11) is 0. The van der Waals surface area contributed by atoms with E-state index in [1.165, 1.54) is 0 Å². The minimum absolute atomic E-state index is 0.0217. The van der Waals surface area contributed by atoms with Crippen molar-refractivity contribution in [2.75, 3.05) is 6.54 Å². The molecule has 4 heteroatoms. The van der Waals surface area contributed by atoms with Gasteiger partial charge in [0.05, 0.1) is 5.52 Å². The topological polar surface area (TPSA) is 47.2 Å². The van der Waals surface area contributed by atoms with Crippen LogP contribution in [0.25, 0.3) is 11.1 Å². The van der Waals surface area contributed by atoms with E-state index in [0.29, 0.717) is 18.2 Å². The van der Waals surface area contributed by atoms with Gasteiger partial charge in [0.1, 0.15) is 11.5 Å². The Morgan fingerprint density at radius 1 is 1.42 bits per heavy atom. The van der Waals surface area contributed by atoms with Gasteiger partial charge in [0.2, 0.25) is 0 Å². The molecule has 19 heavy (non-hydrogen) atoms. The third-order valence-corrected chi connectivity index (χ3v) is 3.27. The molecule has 1 amide bonds. The molecule has 0 aliphatic heterocycles. The van der Waals surface area contributed by atoms with Crippen molar-refractivity contribution in [3.05, 3.63) is 23.6 Å². The van der Waals surface area contributed by atoms with Crippen molar-refractivity contribution in [2.24, 2.45) is 5.92 Å². The Balaban J connectivity index is 2.19. The first-order valence-corrected chi connectivity index (χ1v) is 6.90. The van der Waals surface area contributed by atoms with Crippen molar-refractivity contribution in [1.82, 2.24) is 9.88 Å². The second kappa shape index (κ2) is 5.51. The van der Waals surface area contributed by atoms with Gasteiger partial charge in [-0.05, 0) is 26.2 Å². The van der Waals surface area contributed by atoms with Crippen LogP contribution in [0.4, 0.5) is 0 Å². The first kappa shape index (κ1) is 13.7. The molecular weight excluding hydrogens is 240 g/mol. The highest BCUT2D eigenvalue weighted by molar-refractivity contribution is 5.97. The van der Waals surface area contributed by atoms with Crippen LogP contribution in [0.15, 0.2) is 16.5 Å². The monoisotopic (exact) mass is 262 g/mol. The summed E-state index contributed by atoms with van der Waals surface area (Å²) in [6.07, 6.45) is 0.994. The number of hydrogen-bond acceptors (Lipinski definition) is 2. The standard InChI is InChI=1S/C15H22N2O2/c1-5-17-12-8-11(4)19-14(12)9-13(17)15(18)16-7-6-10(2)3/h8-10H,5-7H2,1-4H3,(H,16,18). The van der Waals surface area contributed by atoms with E-state index in [-0.39, 0.29) is 5.91 Å². The molecule has 0 aliphatic rings. The Kier molecular flexibility index (Phi) is 3.98. The van der Waals surface area contributed by atoms with Crippen molar-refractivity contribution in [2.45, 2.75) is 40.7 Å². The van der Waals surface area contributed by atoms with Crippen LogP contribution in [0.5, 0.6) is 0 Å². The SMILES string of the molecule is CCn1c(C(=O)NCCC(C)C)cc2oc(C)cc21. The van der Waals surface area contributed by atoms with Crippen LogP contribution in [0.3, 0.4) is 0 Å². The zero-order chi connectivity index (χ0) is 14.0. The third kappa shape index (κ3) is 2.83. The third-order valence-electron chi connectivity index (χ3n) is 3.27. The molecule has 0 spiro atoms. The van der Waals surface area contributed by atoms with E-state index in [4.69, 9.17) is 4.42 Å². The van der Waals surface area contributed by atoms with Crippen LogP contribution in [-0.2, 0) is 6.54 Å². The molecule has 0 atom stereocenters. The van der Waals surface area contributed by atoms with Gasteiger partial charge in [-0.2, -0.15) is 0 Å². The highest BCUT2D eigenvalue weighted by Crippen LogP contribution is 2.23. The number of aromatic nitrogens is 1. The lowest BCUT2D eigenvalue weighted by atomic mass is 10.1. The maximum atomic E-state index is 12.2. The minimum atomic E-state index is -0.0217. The number of rotatable bonds is 5. The number of fused-ring (bicyclic) bond motifs is 1. The fourth-order valence-electron chi connectivity index (χ4n) is 2.26. The first-order chi connectivity index (χ1) is 9.02. The number of hydrogen-bond donors (Lipinski definition) is 1. The lowest BCUT2D eigenvalue weighted by molar-refractivity contribution is 0.0943. The second-order valence-corrected chi connectivity index (χ2v) is 5.32. The molecular formula is C15H22N2O2. The quantitative estimate of drug-likeness (QED) is 0.898. The summed E-state index contributed by atoms with van der Waals surface area (Å²) in [5, 5.41) is 2.97. The number of nitrogens with zero attached hydrogens (tertiary/aromatic N) is 1. The minimum Gasteiger partial charge on any atom is -0.460 e. The Morgan fingerprint density at radius 3 is 2.79 bits per heavy atom. The second-order valence-electron chi connectivity index (χ2n) is 5.32. The number of carbonyl (C=O) groups excluding carboxylic acids is 1. The molecule has 0 radical (unpaired) electrons. The van der Waals surface area contributed by atoms with Crippen LogP contribution in [0, 0.1) is 12.8 Å². The van der Waals surface area contributed by atoms with Gasteiger partial charge in [0.25, 0.3) is 5.91 Å². The van der Waals surface area contributed by atoms with E-state index < -0.39 is 0 Å². The Hall–Kier alpha value is -1.71. The lowest BCUT2D eigenvalue weighted by Gasteiger charge is -2.09. The van der Waals surface area contributed by atoms with Crippen molar-refractivity contribution < 1.29 is 9.21 Å². The maximum absolute atomic E-state index is 12.2. The largest absolute Gasteiger partial charge is 0.460 e. The molecule has 2 heterocycles. The Labute approximate surface area is 113 Å². The van der Waals surface area contributed by atoms with Gasteiger partial charge in [-0.3, -0.25) is 4.79 Å². The van der Waals surface area contributed by atoms with Crippen molar-refractivity contribution >= 4 is 17.0 Å². The van der Waals surface area contributed by atoms with Gasteiger partial charge in [0.15, 0.2) is 5.58 Å². The normalized spacial score (nSPS) is 11.4. The molecule has 0 saturated carbocycles. The summed E-state index contributed by atoms with van der Waals surface area (Å²) in [6.45, 7) is 9.73. The van der Waals surface area contributed by atoms with E-state index in [1.54, 1.807) is 0 Å². The van der Waals surface area contributed by atoms with Crippen molar-refractivity contribution in [3.8, 4) is 0 Å². The van der Waals surface area contributed by atoms with Crippen LogP contribution in [-0.4, -0.2) is 17.0 Å². The predicted octanol–water partition coefficient (Wildman–Crippen LogP) is 3.34. The molecule has 0 fully saturated rings. The summed E-state index contributed by atoms with van der Waals surface area (Å²) in [6, 6.07) is 3.81. The van der Waals surface area contributed by atoms with Crippen LogP contribution in [0.1, 0.15) is 43.4 Å². The molecule has 0 aliphatic carbocycles. The number of carbonyl (C=O) groups is 1. The van der Waals surface area contributed by atoms with Crippen LogP contribution >= 0.6 is 0 Å². The summed E-state index contributed by atoms with van der Waals surface area (Å²) in [5.41, 5.74) is 2.46. The highest BCUT2D eigenvalue weighted by atomic mass is 16.3. The molecule has 2 aromatic rings. The van der Waals surface area contributed by atoms with Gasteiger partial charge in [-0.1, -0.05) is 13.8 Å². The summed E-state index contributed by atoms with van der Waals surface area (Å²) < 4.78 is 7.58.